The third-order valence-electron chi connectivity index (χ3n) is 4.48. The maximum absolute atomic E-state index is 4.81. The van der Waals surface area contributed by atoms with Crippen LogP contribution in [0.25, 0.3) is 28.2 Å². The van der Waals surface area contributed by atoms with Crippen LogP contribution in [0.2, 0.25) is 0 Å². The van der Waals surface area contributed by atoms with Gasteiger partial charge in [-0.3, -0.25) is 4.68 Å². The Hall–Kier alpha value is -2.44. The summed E-state index contributed by atoms with van der Waals surface area (Å²) >= 11 is 0. The van der Waals surface area contributed by atoms with Crippen LogP contribution in [0.4, 0.5) is 0 Å². The molecule has 0 atom stereocenters. The maximum Gasteiger partial charge on any atom is 0.0933 e. The van der Waals surface area contributed by atoms with E-state index in [0.29, 0.717) is 0 Å². The average Bonchev–Trinajstić information content (AvgIpc) is 3.37. The van der Waals surface area contributed by atoms with Gasteiger partial charge in [0.05, 0.1) is 11.4 Å². The van der Waals surface area contributed by atoms with Gasteiger partial charge in [0.2, 0.25) is 0 Å². The summed E-state index contributed by atoms with van der Waals surface area (Å²) in [5.41, 5.74) is 5.21. The van der Waals surface area contributed by atoms with Gasteiger partial charge in [-0.25, -0.2) is 0 Å². The molecule has 186 valence electrons. The molecule has 0 unspecified atom stereocenters. The van der Waals surface area contributed by atoms with Crippen LogP contribution in [-0.2, 0) is 21.1 Å². The fourth-order valence-corrected chi connectivity index (χ4v) is 2.64. The van der Waals surface area contributed by atoms with Crippen LogP contribution in [0.1, 0.15) is 53.4 Å². The summed E-state index contributed by atoms with van der Waals surface area (Å²) in [6, 6.07) is 33.9. The topological polar surface area (TPSA) is 17.8 Å². The molecule has 3 heteroatoms. The summed E-state index contributed by atoms with van der Waals surface area (Å²) in [5.74, 6) is 0. The molecule has 1 heterocycles. The van der Waals surface area contributed by atoms with Gasteiger partial charge < -0.3 is 13.8 Å². The maximum atomic E-state index is 4.81. The first kappa shape index (κ1) is 31.6. The minimum Gasteiger partial charge on any atom is -0.343 e. The van der Waals surface area contributed by atoms with E-state index in [1.165, 1.54) is 12.8 Å². The normalized spacial score (nSPS) is 9.12. The Morgan fingerprint density at radius 2 is 1.21 bits per heavy atom. The largest absolute Gasteiger partial charge is 0.343 e. The van der Waals surface area contributed by atoms with Gasteiger partial charge in [0.15, 0.2) is 0 Å². The second kappa shape index (κ2) is 20.0. The molecule has 1 aromatic heterocycles. The van der Waals surface area contributed by atoms with Crippen LogP contribution in [0, 0.1) is 19.9 Å². The zero-order valence-electron chi connectivity index (χ0n) is 21.1. The molecule has 0 amide bonds. The summed E-state index contributed by atoms with van der Waals surface area (Å²) in [4.78, 5) is 0. The molecular weight excluding hydrogens is 595 g/mol. The SMILES string of the molecule is CC.[CH2-]CCC.[CH2-]CCC.[Pt].[c-]1ccccc1-n1nc(-c2ccccc2)cc1-c1ccccc1. The van der Waals surface area contributed by atoms with E-state index in [2.05, 4.69) is 64.1 Å². The third-order valence-corrected chi connectivity index (χ3v) is 4.48. The van der Waals surface area contributed by atoms with Gasteiger partial charge in [-0.05, 0) is 11.8 Å². The molecule has 0 aliphatic heterocycles. The van der Waals surface area contributed by atoms with Gasteiger partial charge in [0.1, 0.15) is 0 Å². The molecular formula is C31H39N2Pt-3. The second-order valence-corrected chi connectivity index (χ2v) is 7.01. The molecule has 34 heavy (non-hydrogen) atoms. The van der Waals surface area contributed by atoms with Crippen molar-refractivity contribution in [2.45, 2.75) is 53.4 Å². The van der Waals surface area contributed by atoms with Crippen molar-refractivity contribution >= 4 is 0 Å². The van der Waals surface area contributed by atoms with Gasteiger partial charge in [0.25, 0.3) is 0 Å². The van der Waals surface area contributed by atoms with Crippen molar-refractivity contribution in [2.75, 3.05) is 0 Å². The van der Waals surface area contributed by atoms with Crippen LogP contribution in [0.15, 0.2) is 91.0 Å². The molecule has 0 saturated carbocycles. The molecule has 0 bridgehead atoms. The quantitative estimate of drug-likeness (QED) is 0.200. The Kier molecular flexibility index (Phi) is 18.5. The van der Waals surface area contributed by atoms with Gasteiger partial charge in [0, 0.05) is 32.2 Å². The molecule has 2 nitrogen and oxygen atoms in total. The first-order valence-electron chi connectivity index (χ1n) is 12.0. The minimum absolute atomic E-state index is 0. The van der Waals surface area contributed by atoms with E-state index in [-0.39, 0.29) is 21.1 Å². The Morgan fingerprint density at radius 3 is 1.65 bits per heavy atom. The van der Waals surface area contributed by atoms with Gasteiger partial charge in [-0.1, -0.05) is 101 Å². The Morgan fingerprint density at radius 1 is 0.735 bits per heavy atom. The van der Waals surface area contributed by atoms with Crippen molar-refractivity contribution in [1.82, 2.24) is 9.78 Å². The zero-order valence-corrected chi connectivity index (χ0v) is 23.4. The Bertz CT molecular complexity index is 899. The average molecular weight is 635 g/mol. The summed E-state index contributed by atoms with van der Waals surface area (Å²) < 4.78 is 1.96. The zero-order chi connectivity index (χ0) is 24.3. The molecule has 0 saturated heterocycles. The molecule has 0 aliphatic carbocycles. The van der Waals surface area contributed by atoms with Gasteiger partial charge in [-0.2, -0.15) is 42.2 Å². The van der Waals surface area contributed by atoms with Crippen molar-refractivity contribution in [3.63, 3.8) is 0 Å². The Balaban J connectivity index is 0.000000856. The fourth-order valence-electron chi connectivity index (χ4n) is 2.64. The summed E-state index contributed by atoms with van der Waals surface area (Å²) in [7, 11) is 0. The van der Waals surface area contributed by atoms with E-state index in [1.54, 1.807) is 0 Å². The number of rotatable bonds is 5. The number of hydrogen-bond donors (Lipinski definition) is 0. The summed E-state index contributed by atoms with van der Waals surface area (Å²) in [6.07, 6.45) is 4.56. The summed E-state index contributed by atoms with van der Waals surface area (Å²) in [6.45, 7) is 15.4. The van der Waals surface area contributed by atoms with Crippen molar-refractivity contribution in [1.29, 1.82) is 0 Å². The fraction of sp³-hybridized carbons (Fsp3) is 0.258. The van der Waals surface area contributed by atoms with E-state index < -0.39 is 0 Å². The standard InChI is InChI=1S/C21H15N2.2C4H9.C2H6.Pt/c1-4-10-17(11-5-1)20-16-21(18-12-6-2-7-13-18)23(22-20)19-14-8-3-9-15-19;2*1-3-4-2;1-2;/h1-14,16H;2*1,3-4H2,2H3;1-2H3;/q3*-1;;. The Labute approximate surface area is 222 Å². The smallest absolute Gasteiger partial charge is 0.0933 e. The first-order chi connectivity index (χ1) is 16.2. The number of nitrogens with zero attached hydrogens (tertiary/aromatic N) is 2. The molecule has 4 aromatic rings. The monoisotopic (exact) mass is 634 g/mol. The van der Waals surface area contributed by atoms with Crippen LogP contribution in [0.3, 0.4) is 0 Å². The van der Waals surface area contributed by atoms with E-state index >= 15 is 0 Å². The van der Waals surface area contributed by atoms with E-state index in [4.69, 9.17) is 5.10 Å². The predicted octanol–water partition coefficient (Wildman–Crippen LogP) is 9.27. The van der Waals surface area contributed by atoms with Crippen LogP contribution >= 0.6 is 0 Å². The molecule has 0 fully saturated rings. The number of unbranched alkanes of at least 4 members (excludes halogenated alkanes) is 2. The second-order valence-electron chi connectivity index (χ2n) is 7.01. The van der Waals surface area contributed by atoms with Crippen molar-refractivity contribution in [3.05, 3.63) is 111 Å². The van der Waals surface area contributed by atoms with Crippen LogP contribution < -0.4 is 0 Å². The molecule has 0 spiro atoms. The first-order valence-corrected chi connectivity index (χ1v) is 12.0. The van der Waals surface area contributed by atoms with E-state index in [0.717, 1.165) is 41.0 Å². The number of benzene rings is 3. The molecule has 0 N–H and O–H groups in total. The third kappa shape index (κ3) is 10.7. The number of para-hydroxylation sites is 1. The molecule has 0 radical (unpaired) electrons. The van der Waals surface area contributed by atoms with E-state index in [9.17, 15) is 0 Å². The van der Waals surface area contributed by atoms with E-state index in [1.807, 2.05) is 79.2 Å². The van der Waals surface area contributed by atoms with Crippen LogP contribution in [-0.4, -0.2) is 9.78 Å². The van der Waals surface area contributed by atoms with Crippen molar-refractivity contribution in [3.8, 4) is 28.2 Å². The number of hydrogen-bond acceptors (Lipinski definition) is 1. The summed E-state index contributed by atoms with van der Waals surface area (Å²) in [5, 5.41) is 4.81. The van der Waals surface area contributed by atoms with Crippen LogP contribution in [0.5, 0.6) is 0 Å². The molecule has 3 aromatic carbocycles. The molecule has 4 rings (SSSR count). The molecule has 0 aliphatic rings. The minimum atomic E-state index is 0. The van der Waals surface area contributed by atoms with Crippen molar-refractivity contribution < 1.29 is 21.1 Å². The van der Waals surface area contributed by atoms with Gasteiger partial charge in [-0.15, -0.1) is 6.07 Å². The number of aromatic nitrogens is 2. The predicted molar refractivity (Wildman–Crippen MR) is 145 cm³/mol. The van der Waals surface area contributed by atoms with Gasteiger partial charge >= 0.3 is 0 Å². The van der Waals surface area contributed by atoms with Crippen molar-refractivity contribution in [2.24, 2.45) is 0 Å².